The van der Waals surface area contributed by atoms with Crippen molar-refractivity contribution in [3.63, 3.8) is 0 Å². The van der Waals surface area contributed by atoms with Crippen molar-refractivity contribution < 1.29 is 4.63 Å². The lowest BCUT2D eigenvalue weighted by atomic mass is 10.2. The molecular formula is C14H7Cl2N5OS. The van der Waals surface area contributed by atoms with E-state index < -0.39 is 0 Å². The highest BCUT2D eigenvalue weighted by atomic mass is 35.5. The molecule has 6 nitrogen and oxygen atoms in total. The Kier molecular flexibility index (Phi) is 3.60. The Morgan fingerprint density at radius 3 is 2.78 bits per heavy atom. The van der Waals surface area contributed by atoms with E-state index in [1.165, 1.54) is 11.3 Å². The summed E-state index contributed by atoms with van der Waals surface area (Å²) >= 11 is 13.5. The van der Waals surface area contributed by atoms with Gasteiger partial charge in [0.05, 0.1) is 15.7 Å². The van der Waals surface area contributed by atoms with Gasteiger partial charge in [-0.2, -0.15) is 0 Å². The molecule has 4 aromatic rings. The number of nitrogens with zero attached hydrogens (tertiary/aromatic N) is 4. The molecule has 0 radical (unpaired) electrons. The fraction of sp³-hybridized carbons (Fsp3) is 0. The van der Waals surface area contributed by atoms with Crippen LogP contribution >= 0.6 is 34.5 Å². The van der Waals surface area contributed by atoms with E-state index in [1.54, 1.807) is 6.07 Å². The first-order valence-electron chi connectivity index (χ1n) is 6.48. The number of benzene rings is 2. The lowest BCUT2D eigenvalue weighted by Crippen LogP contribution is -1.90. The zero-order valence-electron chi connectivity index (χ0n) is 11.3. The molecule has 0 unspecified atom stereocenters. The fourth-order valence-electron chi connectivity index (χ4n) is 2.02. The summed E-state index contributed by atoms with van der Waals surface area (Å²) in [6, 6.07) is 10.9. The molecule has 2 aromatic heterocycles. The van der Waals surface area contributed by atoms with Crippen molar-refractivity contribution in [3.8, 4) is 10.6 Å². The van der Waals surface area contributed by atoms with Crippen LogP contribution in [0.1, 0.15) is 0 Å². The van der Waals surface area contributed by atoms with E-state index in [9.17, 15) is 0 Å². The van der Waals surface area contributed by atoms with Crippen LogP contribution in [0.3, 0.4) is 0 Å². The molecule has 0 aliphatic heterocycles. The molecule has 0 aliphatic rings. The molecule has 1 N–H and O–H groups in total. The minimum absolute atomic E-state index is 0.445. The first-order valence-corrected chi connectivity index (χ1v) is 8.05. The minimum atomic E-state index is 0.445. The first-order chi connectivity index (χ1) is 11.2. The second-order valence-electron chi connectivity index (χ2n) is 4.61. The predicted octanol–water partition coefficient (Wildman–Crippen LogP) is 4.79. The lowest BCUT2D eigenvalue weighted by molar-refractivity contribution is 0.315. The summed E-state index contributed by atoms with van der Waals surface area (Å²) in [5.41, 5.74) is 2.93. The third-order valence-electron chi connectivity index (χ3n) is 3.12. The number of aromatic nitrogens is 4. The van der Waals surface area contributed by atoms with E-state index in [-0.39, 0.29) is 0 Å². The number of nitrogens with one attached hydrogen (secondary N) is 1. The third-order valence-corrected chi connectivity index (χ3v) is 4.83. The molecule has 0 saturated carbocycles. The topological polar surface area (TPSA) is 76.7 Å². The summed E-state index contributed by atoms with van der Waals surface area (Å²) in [6.07, 6.45) is 0. The van der Waals surface area contributed by atoms with Crippen LogP contribution < -0.4 is 5.32 Å². The summed E-state index contributed by atoms with van der Waals surface area (Å²) in [7, 11) is 0. The normalized spacial score (nSPS) is 11.0. The standard InChI is InChI=1S/C14H7Cl2N5OS/c15-8-2-1-3-10(12(8)16)17-14-19-18-13(23-14)7-4-5-9-11(6-7)21-22-20-9/h1-6H,(H,17,19). The van der Waals surface area contributed by atoms with Gasteiger partial charge < -0.3 is 5.32 Å². The lowest BCUT2D eigenvalue weighted by Gasteiger charge is -2.05. The van der Waals surface area contributed by atoms with Gasteiger partial charge in [-0.05, 0) is 40.6 Å². The highest BCUT2D eigenvalue weighted by molar-refractivity contribution is 7.18. The number of anilines is 2. The number of halogens is 2. The Balaban J connectivity index is 1.64. The highest BCUT2D eigenvalue weighted by Crippen LogP contribution is 2.34. The van der Waals surface area contributed by atoms with E-state index in [0.29, 0.717) is 31.9 Å². The summed E-state index contributed by atoms with van der Waals surface area (Å²) in [4.78, 5) is 0. The molecule has 0 atom stereocenters. The van der Waals surface area contributed by atoms with Gasteiger partial charge in [-0.25, -0.2) is 4.63 Å². The van der Waals surface area contributed by atoms with Gasteiger partial charge >= 0.3 is 0 Å². The fourth-order valence-corrected chi connectivity index (χ4v) is 3.12. The van der Waals surface area contributed by atoms with Crippen LogP contribution in [0, 0.1) is 0 Å². The largest absolute Gasteiger partial charge is 0.329 e. The van der Waals surface area contributed by atoms with Crippen molar-refractivity contribution in [1.82, 2.24) is 20.5 Å². The molecule has 0 aliphatic carbocycles. The Morgan fingerprint density at radius 1 is 1.00 bits per heavy atom. The smallest absolute Gasteiger partial charge is 0.210 e. The quantitative estimate of drug-likeness (QED) is 0.563. The number of rotatable bonds is 3. The van der Waals surface area contributed by atoms with Gasteiger partial charge in [0, 0.05) is 5.56 Å². The second-order valence-corrected chi connectivity index (χ2v) is 6.37. The first kappa shape index (κ1) is 14.4. The average Bonchev–Trinajstić information content (AvgIpc) is 3.20. The Bertz CT molecular complexity index is 1000. The monoisotopic (exact) mass is 363 g/mol. The van der Waals surface area contributed by atoms with Crippen LogP contribution in [0.5, 0.6) is 0 Å². The summed E-state index contributed by atoms with van der Waals surface area (Å²) < 4.78 is 4.69. The minimum Gasteiger partial charge on any atom is -0.329 e. The van der Waals surface area contributed by atoms with E-state index in [1.807, 2.05) is 30.3 Å². The molecule has 23 heavy (non-hydrogen) atoms. The van der Waals surface area contributed by atoms with Crippen molar-refractivity contribution in [2.24, 2.45) is 0 Å². The summed E-state index contributed by atoms with van der Waals surface area (Å²) in [6.45, 7) is 0. The Hall–Kier alpha value is -2.22. The van der Waals surface area contributed by atoms with E-state index in [0.717, 1.165) is 10.6 Å². The zero-order valence-corrected chi connectivity index (χ0v) is 13.7. The van der Waals surface area contributed by atoms with Gasteiger partial charge in [0.2, 0.25) is 5.13 Å². The molecular weight excluding hydrogens is 357 g/mol. The second kappa shape index (κ2) is 5.77. The van der Waals surface area contributed by atoms with Crippen LogP contribution in [0.15, 0.2) is 41.0 Å². The maximum atomic E-state index is 6.16. The van der Waals surface area contributed by atoms with Gasteiger partial charge in [-0.15, -0.1) is 10.2 Å². The molecule has 4 rings (SSSR count). The molecule has 0 fully saturated rings. The molecule has 2 heterocycles. The van der Waals surface area contributed by atoms with Crippen molar-refractivity contribution in [1.29, 1.82) is 0 Å². The molecule has 0 amide bonds. The predicted molar refractivity (Wildman–Crippen MR) is 90.5 cm³/mol. The van der Waals surface area contributed by atoms with Crippen LogP contribution in [-0.2, 0) is 0 Å². The van der Waals surface area contributed by atoms with E-state index in [2.05, 4.69) is 25.8 Å². The third kappa shape index (κ3) is 2.74. The van der Waals surface area contributed by atoms with Gasteiger partial charge in [-0.3, -0.25) is 0 Å². The number of fused-ring (bicyclic) bond motifs is 1. The maximum absolute atomic E-state index is 6.16. The van der Waals surface area contributed by atoms with Crippen molar-refractivity contribution in [3.05, 3.63) is 46.4 Å². The van der Waals surface area contributed by atoms with E-state index in [4.69, 9.17) is 27.8 Å². The van der Waals surface area contributed by atoms with Gasteiger partial charge in [0.15, 0.2) is 0 Å². The van der Waals surface area contributed by atoms with E-state index >= 15 is 0 Å². The SMILES string of the molecule is Clc1cccc(Nc2nnc(-c3ccc4nonc4c3)s2)c1Cl. The summed E-state index contributed by atoms with van der Waals surface area (Å²) in [5.74, 6) is 0. The van der Waals surface area contributed by atoms with Crippen LogP contribution in [0.4, 0.5) is 10.8 Å². The zero-order chi connectivity index (χ0) is 15.8. The van der Waals surface area contributed by atoms with Crippen molar-refractivity contribution in [2.45, 2.75) is 0 Å². The van der Waals surface area contributed by atoms with Crippen LogP contribution in [0.25, 0.3) is 21.6 Å². The van der Waals surface area contributed by atoms with Crippen molar-refractivity contribution >= 4 is 56.4 Å². The van der Waals surface area contributed by atoms with Gasteiger partial charge in [0.1, 0.15) is 16.0 Å². The number of hydrogen-bond donors (Lipinski definition) is 1. The maximum Gasteiger partial charge on any atom is 0.210 e. The van der Waals surface area contributed by atoms with Gasteiger partial charge in [-0.1, -0.05) is 40.6 Å². The molecule has 114 valence electrons. The number of hydrogen-bond acceptors (Lipinski definition) is 7. The van der Waals surface area contributed by atoms with Crippen molar-refractivity contribution in [2.75, 3.05) is 5.32 Å². The average molecular weight is 364 g/mol. The molecule has 9 heteroatoms. The van der Waals surface area contributed by atoms with Crippen LogP contribution in [-0.4, -0.2) is 20.5 Å². The molecule has 0 bridgehead atoms. The van der Waals surface area contributed by atoms with Gasteiger partial charge in [0.25, 0.3) is 0 Å². The molecule has 0 spiro atoms. The Labute approximate surface area is 144 Å². The molecule has 0 saturated heterocycles. The molecule has 2 aromatic carbocycles. The van der Waals surface area contributed by atoms with Crippen LogP contribution in [0.2, 0.25) is 10.0 Å². The highest BCUT2D eigenvalue weighted by Gasteiger charge is 2.11. The summed E-state index contributed by atoms with van der Waals surface area (Å²) in [5, 5.41) is 21.3. The Morgan fingerprint density at radius 2 is 1.87 bits per heavy atom.